The zero-order chi connectivity index (χ0) is 11.7. The van der Waals surface area contributed by atoms with Crippen LogP contribution in [-0.2, 0) is 6.42 Å². The van der Waals surface area contributed by atoms with E-state index >= 15 is 0 Å². The van der Waals surface area contributed by atoms with E-state index in [9.17, 15) is 0 Å². The molecule has 1 heterocycles. The Bertz CT molecular complexity index is 545. The smallest absolute Gasteiger partial charge is 0.250 e. The van der Waals surface area contributed by atoms with E-state index in [1.165, 1.54) is 17.5 Å². The summed E-state index contributed by atoms with van der Waals surface area (Å²) in [5.41, 5.74) is 2.75. The molecule has 1 aromatic heterocycles. The topological polar surface area (TPSA) is 38.9 Å². The summed E-state index contributed by atoms with van der Waals surface area (Å²) in [6, 6.07) is 8.53. The van der Waals surface area contributed by atoms with Crippen molar-refractivity contribution in [2.75, 3.05) is 0 Å². The molecule has 0 fully saturated rings. The quantitative estimate of drug-likeness (QED) is 0.789. The van der Waals surface area contributed by atoms with Crippen molar-refractivity contribution in [3.63, 3.8) is 0 Å². The molecule has 0 saturated carbocycles. The third-order valence-corrected chi connectivity index (χ3v) is 3.31. The van der Waals surface area contributed by atoms with Gasteiger partial charge in [0.25, 0.3) is 0 Å². The molecular formula is C14H14N2O. The molecular weight excluding hydrogens is 212 g/mol. The van der Waals surface area contributed by atoms with Crippen LogP contribution in [0.5, 0.6) is 0 Å². The van der Waals surface area contributed by atoms with Crippen LogP contribution in [0, 0.1) is 0 Å². The molecule has 1 aliphatic carbocycles. The lowest BCUT2D eigenvalue weighted by Gasteiger charge is -2.22. The van der Waals surface area contributed by atoms with E-state index in [0.29, 0.717) is 5.89 Å². The molecule has 1 aliphatic rings. The van der Waals surface area contributed by atoms with E-state index in [-0.39, 0.29) is 5.92 Å². The van der Waals surface area contributed by atoms with Gasteiger partial charge in [-0.1, -0.05) is 36.0 Å². The van der Waals surface area contributed by atoms with Crippen molar-refractivity contribution in [1.82, 2.24) is 10.1 Å². The minimum Gasteiger partial charge on any atom is -0.335 e. The summed E-state index contributed by atoms with van der Waals surface area (Å²) in [5, 5.41) is 4.05. The predicted octanol–water partition coefficient (Wildman–Crippen LogP) is 3.18. The normalized spacial score (nSPS) is 18.7. The van der Waals surface area contributed by atoms with E-state index < -0.39 is 0 Å². The molecule has 3 heteroatoms. The third-order valence-electron chi connectivity index (χ3n) is 3.31. The van der Waals surface area contributed by atoms with Crippen molar-refractivity contribution in [3.05, 3.63) is 53.7 Å². The van der Waals surface area contributed by atoms with Gasteiger partial charge in [-0.25, -0.2) is 0 Å². The maximum absolute atomic E-state index is 5.10. The minimum atomic E-state index is 0.275. The molecule has 1 aromatic carbocycles. The molecule has 3 nitrogen and oxygen atoms in total. The number of rotatable bonds is 2. The van der Waals surface area contributed by atoms with Gasteiger partial charge in [0.05, 0.1) is 0 Å². The maximum atomic E-state index is 5.10. The van der Waals surface area contributed by atoms with Crippen molar-refractivity contribution < 1.29 is 4.52 Å². The van der Waals surface area contributed by atoms with Crippen LogP contribution in [0.3, 0.4) is 0 Å². The molecule has 0 saturated heterocycles. The van der Waals surface area contributed by atoms with Crippen molar-refractivity contribution in [2.24, 2.45) is 0 Å². The Morgan fingerprint density at radius 2 is 2.24 bits per heavy atom. The summed E-state index contributed by atoms with van der Waals surface area (Å²) in [4.78, 5) is 4.36. The van der Waals surface area contributed by atoms with Gasteiger partial charge in [0, 0.05) is 5.92 Å². The second-order valence-corrected chi connectivity index (χ2v) is 4.34. The number of aromatic nitrogens is 2. The number of aryl methyl sites for hydroxylation is 1. The Hall–Kier alpha value is -1.90. The second-order valence-electron chi connectivity index (χ2n) is 4.34. The Kier molecular flexibility index (Phi) is 2.52. The lowest BCUT2D eigenvalue weighted by Crippen LogP contribution is -2.12. The number of hydrogen-bond acceptors (Lipinski definition) is 3. The predicted molar refractivity (Wildman–Crippen MR) is 65.6 cm³/mol. The standard InChI is InChI=1S/C14H14N2O/c1-2-13-15-14(16-17-13)12-9-5-7-10-6-3-4-8-11(10)12/h2-4,6,8,12H,1,5,7,9H2. The maximum Gasteiger partial charge on any atom is 0.250 e. The highest BCUT2D eigenvalue weighted by Crippen LogP contribution is 2.35. The first-order valence-corrected chi connectivity index (χ1v) is 5.92. The first-order valence-electron chi connectivity index (χ1n) is 5.92. The van der Waals surface area contributed by atoms with Crippen LogP contribution in [-0.4, -0.2) is 10.1 Å². The number of hydrogen-bond donors (Lipinski definition) is 0. The molecule has 1 unspecified atom stereocenters. The van der Waals surface area contributed by atoms with E-state index in [2.05, 4.69) is 41.0 Å². The summed E-state index contributed by atoms with van der Waals surface area (Å²) in [7, 11) is 0. The Morgan fingerprint density at radius 3 is 3.06 bits per heavy atom. The first kappa shape index (κ1) is 10.3. The van der Waals surface area contributed by atoms with Crippen LogP contribution in [0.1, 0.15) is 41.6 Å². The highest BCUT2D eigenvalue weighted by Gasteiger charge is 2.25. The third kappa shape index (κ3) is 1.78. The van der Waals surface area contributed by atoms with E-state index in [0.717, 1.165) is 18.7 Å². The largest absolute Gasteiger partial charge is 0.335 e. The fraction of sp³-hybridized carbons (Fsp3) is 0.286. The van der Waals surface area contributed by atoms with Crippen LogP contribution >= 0.6 is 0 Å². The van der Waals surface area contributed by atoms with Crippen molar-refractivity contribution >= 4 is 6.08 Å². The second kappa shape index (κ2) is 4.17. The number of benzene rings is 1. The molecule has 17 heavy (non-hydrogen) atoms. The van der Waals surface area contributed by atoms with Gasteiger partial charge >= 0.3 is 0 Å². The van der Waals surface area contributed by atoms with E-state index in [1.54, 1.807) is 6.08 Å². The van der Waals surface area contributed by atoms with E-state index in [1.807, 2.05) is 0 Å². The molecule has 0 radical (unpaired) electrons. The SMILES string of the molecule is C=Cc1nc(C2CCCc3ccccc32)no1. The zero-order valence-corrected chi connectivity index (χ0v) is 9.60. The summed E-state index contributed by atoms with van der Waals surface area (Å²) in [6.07, 6.45) is 5.01. The number of fused-ring (bicyclic) bond motifs is 1. The van der Waals surface area contributed by atoms with Gasteiger partial charge in [-0.15, -0.1) is 0 Å². The molecule has 0 spiro atoms. The average molecular weight is 226 g/mol. The van der Waals surface area contributed by atoms with Gasteiger partial charge in [-0.2, -0.15) is 4.98 Å². The lowest BCUT2D eigenvalue weighted by molar-refractivity contribution is 0.397. The molecule has 0 N–H and O–H groups in total. The minimum absolute atomic E-state index is 0.275. The fourth-order valence-electron chi connectivity index (χ4n) is 2.49. The van der Waals surface area contributed by atoms with Gasteiger partial charge in [-0.3, -0.25) is 0 Å². The van der Waals surface area contributed by atoms with Gasteiger partial charge in [-0.05, 0) is 36.5 Å². The molecule has 0 bridgehead atoms. The lowest BCUT2D eigenvalue weighted by atomic mass is 9.82. The highest BCUT2D eigenvalue weighted by molar-refractivity contribution is 5.38. The molecule has 0 amide bonds. The molecule has 0 aliphatic heterocycles. The van der Waals surface area contributed by atoms with Gasteiger partial charge in [0.2, 0.25) is 5.89 Å². The van der Waals surface area contributed by atoms with Gasteiger partial charge in [0.15, 0.2) is 5.82 Å². The molecule has 2 aromatic rings. The van der Waals surface area contributed by atoms with Crippen molar-refractivity contribution in [3.8, 4) is 0 Å². The molecule has 1 atom stereocenters. The van der Waals surface area contributed by atoms with Crippen LogP contribution in [0.4, 0.5) is 0 Å². The molecule has 3 rings (SSSR count). The average Bonchev–Trinajstić information content (AvgIpc) is 2.87. The Balaban J connectivity index is 2.02. The van der Waals surface area contributed by atoms with E-state index in [4.69, 9.17) is 4.52 Å². The Labute approximate surface area is 100 Å². The van der Waals surface area contributed by atoms with Crippen molar-refractivity contribution in [1.29, 1.82) is 0 Å². The first-order chi connectivity index (χ1) is 8.38. The van der Waals surface area contributed by atoms with Crippen LogP contribution in [0.25, 0.3) is 6.08 Å². The van der Waals surface area contributed by atoms with Crippen molar-refractivity contribution in [2.45, 2.75) is 25.2 Å². The van der Waals surface area contributed by atoms with Crippen LogP contribution in [0.2, 0.25) is 0 Å². The zero-order valence-electron chi connectivity index (χ0n) is 9.60. The van der Waals surface area contributed by atoms with Crippen LogP contribution < -0.4 is 0 Å². The molecule has 86 valence electrons. The Morgan fingerprint density at radius 1 is 1.35 bits per heavy atom. The summed E-state index contributed by atoms with van der Waals surface area (Å²) in [5.74, 6) is 1.56. The highest BCUT2D eigenvalue weighted by atomic mass is 16.5. The van der Waals surface area contributed by atoms with Gasteiger partial charge in [0.1, 0.15) is 0 Å². The summed E-state index contributed by atoms with van der Waals surface area (Å²) in [6.45, 7) is 3.64. The number of nitrogens with zero attached hydrogens (tertiary/aromatic N) is 2. The summed E-state index contributed by atoms with van der Waals surface area (Å²) >= 11 is 0. The van der Waals surface area contributed by atoms with Gasteiger partial charge < -0.3 is 4.52 Å². The van der Waals surface area contributed by atoms with Crippen LogP contribution in [0.15, 0.2) is 35.4 Å². The summed E-state index contributed by atoms with van der Waals surface area (Å²) < 4.78 is 5.10. The fourth-order valence-corrected chi connectivity index (χ4v) is 2.49. The monoisotopic (exact) mass is 226 g/mol.